The molecule has 0 spiro atoms. The average Bonchev–Trinajstić information content (AvgIpc) is 3.29. The van der Waals surface area contributed by atoms with E-state index in [1.807, 2.05) is 40.1 Å². The molecule has 2 aromatic carbocycles. The van der Waals surface area contributed by atoms with Crippen LogP contribution in [0.2, 0.25) is 0 Å². The van der Waals surface area contributed by atoms with Gasteiger partial charge in [0.05, 0.1) is 19.3 Å². The molecule has 1 heterocycles. The van der Waals surface area contributed by atoms with Crippen molar-refractivity contribution in [1.29, 1.82) is 0 Å². The molecule has 31 heavy (non-hydrogen) atoms. The van der Waals surface area contributed by atoms with Crippen LogP contribution in [-0.2, 0) is 22.7 Å². The Bertz CT molecular complexity index is 870. The van der Waals surface area contributed by atoms with Gasteiger partial charge in [0, 0.05) is 37.8 Å². The maximum atomic E-state index is 14.1. The first-order chi connectivity index (χ1) is 15.1. The van der Waals surface area contributed by atoms with E-state index >= 15 is 0 Å². The monoisotopic (exact) mass is 426 g/mol. The number of aliphatic hydroxyl groups excluding tert-OH is 1. The van der Waals surface area contributed by atoms with Crippen LogP contribution < -0.4 is 4.90 Å². The zero-order valence-corrected chi connectivity index (χ0v) is 17.9. The zero-order valence-electron chi connectivity index (χ0n) is 17.9. The molecular weight excluding hydrogens is 395 g/mol. The summed E-state index contributed by atoms with van der Waals surface area (Å²) < 4.78 is 19.7. The molecule has 1 unspecified atom stereocenters. The number of halogens is 1. The molecule has 2 aliphatic rings. The molecule has 1 amide bonds. The number of amides is 1. The fourth-order valence-corrected chi connectivity index (χ4v) is 4.69. The number of hydrogen-bond donors (Lipinski definition) is 1. The maximum Gasteiger partial charge on any atom is 0.224 e. The third-order valence-electron chi connectivity index (χ3n) is 6.26. The maximum absolute atomic E-state index is 14.1. The predicted octanol–water partition coefficient (Wildman–Crippen LogP) is 3.88. The third-order valence-corrected chi connectivity index (χ3v) is 6.26. The van der Waals surface area contributed by atoms with Crippen molar-refractivity contribution in [1.82, 2.24) is 4.90 Å². The molecule has 5 nitrogen and oxygen atoms in total. The lowest BCUT2D eigenvalue weighted by molar-refractivity contribution is -0.134. The summed E-state index contributed by atoms with van der Waals surface area (Å²) in [5.41, 5.74) is 2.75. The second kappa shape index (κ2) is 10.2. The summed E-state index contributed by atoms with van der Waals surface area (Å²) in [5.74, 6) is -0.188. The van der Waals surface area contributed by atoms with Crippen LogP contribution >= 0.6 is 0 Å². The van der Waals surface area contributed by atoms with Gasteiger partial charge in [-0.2, -0.15) is 0 Å². The Kier molecular flexibility index (Phi) is 7.20. The largest absolute Gasteiger partial charge is 0.389 e. The number of nitrogens with zero attached hydrogens (tertiary/aromatic N) is 2. The molecule has 2 aromatic rings. The van der Waals surface area contributed by atoms with Crippen molar-refractivity contribution in [2.45, 2.75) is 57.4 Å². The Morgan fingerprint density at radius 1 is 1.13 bits per heavy atom. The Hall–Kier alpha value is -2.44. The van der Waals surface area contributed by atoms with Crippen LogP contribution in [0.25, 0.3) is 0 Å². The van der Waals surface area contributed by atoms with Gasteiger partial charge in [-0.15, -0.1) is 0 Å². The fraction of sp³-hybridized carbons (Fsp3) is 0.480. The lowest BCUT2D eigenvalue weighted by atomic mass is 10.0. The van der Waals surface area contributed by atoms with E-state index < -0.39 is 6.10 Å². The van der Waals surface area contributed by atoms with Crippen molar-refractivity contribution in [3.8, 4) is 0 Å². The summed E-state index contributed by atoms with van der Waals surface area (Å²) in [6, 6.07) is 14.8. The van der Waals surface area contributed by atoms with Gasteiger partial charge in [-0.05, 0) is 42.2 Å². The van der Waals surface area contributed by atoms with Gasteiger partial charge in [0.1, 0.15) is 5.82 Å². The van der Waals surface area contributed by atoms with Crippen molar-refractivity contribution >= 4 is 11.6 Å². The van der Waals surface area contributed by atoms with Crippen molar-refractivity contribution in [3.05, 3.63) is 65.5 Å². The van der Waals surface area contributed by atoms with Crippen molar-refractivity contribution < 1.29 is 19.0 Å². The van der Waals surface area contributed by atoms with Gasteiger partial charge in [0.15, 0.2) is 0 Å². The van der Waals surface area contributed by atoms with E-state index in [1.165, 1.54) is 12.1 Å². The van der Waals surface area contributed by atoms with Gasteiger partial charge < -0.3 is 19.6 Å². The second-order valence-corrected chi connectivity index (χ2v) is 8.58. The number of aliphatic hydroxyl groups is 1. The molecule has 4 rings (SSSR count). The normalized spacial score (nSPS) is 18.6. The lowest BCUT2D eigenvalue weighted by Gasteiger charge is -2.36. The van der Waals surface area contributed by atoms with Gasteiger partial charge in [-0.3, -0.25) is 4.79 Å². The Morgan fingerprint density at radius 3 is 2.68 bits per heavy atom. The molecule has 1 aliphatic heterocycles. The van der Waals surface area contributed by atoms with Gasteiger partial charge in [0.25, 0.3) is 0 Å². The molecule has 1 atom stereocenters. The quantitative estimate of drug-likeness (QED) is 0.730. The zero-order chi connectivity index (χ0) is 21.6. The van der Waals surface area contributed by atoms with Gasteiger partial charge >= 0.3 is 0 Å². The Balaban J connectivity index is 1.43. The minimum atomic E-state index is -0.706. The number of anilines is 1. The van der Waals surface area contributed by atoms with E-state index in [0.29, 0.717) is 32.7 Å². The molecule has 1 fully saturated rings. The molecule has 0 saturated heterocycles. The molecule has 0 bridgehead atoms. The summed E-state index contributed by atoms with van der Waals surface area (Å²) in [6.45, 7) is 1.90. The second-order valence-electron chi connectivity index (χ2n) is 8.58. The number of fused-ring (bicyclic) bond motifs is 1. The minimum absolute atomic E-state index is 0.113. The fourth-order valence-electron chi connectivity index (χ4n) is 4.69. The number of ether oxygens (including phenoxy) is 1. The van der Waals surface area contributed by atoms with Gasteiger partial charge in [-0.1, -0.05) is 43.2 Å². The van der Waals surface area contributed by atoms with Crippen molar-refractivity contribution in [2.75, 3.05) is 24.6 Å². The average molecular weight is 427 g/mol. The number of hydrogen-bond acceptors (Lipinski definition) is 4. The van der Waals surface area contributed by atoms with Crippen LogP contribution in [0.15, 0.2) is 48.5 Å². The number of rotatable bonds is 7. The summed E-state index contributed by atoms with van der Waals surface area (Å²) in [4.78, 5) is 16.9. The van der Waals surface area contributed by atoms with E-state index in [4.69, 9.17) is 4.74 Å². The SMILES string of the molecule is O=C1CCN(CC(O)COCc2ccccc2)c2ccc(F)cc2CN1C1CCCC1. The Morgan fingerprint density at radius 2 is 1.90 bits per heavy atom. The third kappa shape index (κ3) is 5.63. The molecule has 1 saturated carbocycles. The molecule has 0 radical (unpaired) electrons. The predicted molar refractivity (Wildman–Crippen MR) is 118 cm³/mol. The molecular formula is C25H31FN2O3. The van der Waals surface area contributed by atoms with Crippen LogP contribution in [0.3, 0.4) is 0 Å². The highest BCUT2D eigenvalue weighted by atomic mass is 19.1. The van der Waals surface area contributed by atoms with E-state index in [0.717, 1.165) is 42.5 Å². The number of carbonyl (C=O) groups is 1. The highest BCUT2D eigenvalue weighted by Gasteiger charge is 2.30. The number of benzene rings is 2. The van der Waals surface area contributed by atoms with E-state index in [9.17, 15) is 14.3 Å². The Labute approximate surface area is 183 Å². The van der Waals surface area contributed by atoms with Crippen molar-refractivity contribution in [3.63, 3.8) is 0 Å². The summed E-state index contributed by atoms with van der Waals surface area (Å²) in [5, 5.41) is 10.6. The van der Waals surface area contributed by atoms with Crippen LogP contribution in [0, 0.1) is 5.82 Å². The summed E-state index contributed by atoms with van der Waals surface area (Å²) in [6.07, 6.45) is 4.03. The van der Waals surface area contributed by atoms with E-state index in [-0.39, 0.29) is 24.4 Å². The van der Waals surface area contributed by atoms with Gasteiger partial charge in [-0.25, -0.2) is 4.39 Å². The highest BCUT2D eigenvalue weighted by molar-refractivity contribution is 5.78. The van der Waals surface area contributed by atoms with Crippen molar-refractivity contribution in [2.24, 2.45) is 0 Å². The van der Waals surface area contributed by atoms with Crippen LogP contribution in [-0.4, -0.2) is 47.8 Å². The smallest absolute Gasteiger partial charge is 0.224 e. The molecule has 166 valence electrons. The first kappa shape index (κ1) is 21.8. The lowest BCUT2D eigenvalue weighted by Crippen LogP contribution is -2.44. The van der Waals surface area contributed by atoms with Crippen LogP contribution in [0.1, 0.15) is 43.2 Å². The molecule has 1 aliphatic carbocycles. The standard InChI is InChI=1S/C25H31FN2O3/c26-21-10-11-24-20(14-21)15-28(22-8-4-5-9-22)25(30)12-13-27(24)16-23(29)18-31-17-19-6-2-1-3-7-19/h1-3,6-7,10-11,14,22-23,29H,4-5,8-9,12-13,15-18H2. The first-order valence-electron chi connectivity index (χ1n) is 11.2. The first-order valence-corrected chi connectivity index (χ1v) is 11.2. The molecule has 1 N–H and O–H groups in total. The molecule has 0 aromatic heterocycles. The van der Waals surface area contributed by atoms with E-state index in [1.54, 1.807) is 6.07 Å². The van der Waals surface area contributed by atoms with Gasteiger partial charge in [0.2, 0.25) is 5.91 Å². The van der Waals surface area contributed by atoms with Crippen LogP contribution in [0.4, 0.5) is 10.1 Å². The minimum Gasteiger partial charge on any atom is -0.389 e. The highest BCUT2D eigenvalue weighted by Crippen LogP contribution is 2.31. The topological polar surface area (TPSA) is 53.0 Å². The van der Waals surface area contributed by atoms with Crippen LogP contribution in [0.5, 0.6) is 0 Å². The summed E-state index contributed by atoms with van der Waals surface area (Å²) >= 11 is 0. The van der Waals surface area contributed by atoms with E-state index in [2.05, 4.69) is 0 Å². The summed E-state index contributed by atoms with van der Waals surface area (Å²) in [7, 11) is 0. The number of carbonyl (C=O) groups excluding carboxylic acids is 1. The number of β-amino-alcohol motifs (C(OH)–C–C–N with tert-alkyl or cyclic N) is 1. The molecule has 6 heteroatoms.